The molecule has 0 aliphatic carbocycles. The Morgan fingerprint density at radius 1 is 1.33 bits per heavy atom. The molecule has 0 amide bonds. The summed E-state index contributed by atoms with van der Waals surface area (Å²) in [5.74, 6) is 2.26. The van der Waals surface area contributed by atoms with Gasteiger partial charge in [-0.25, -0.2) is 4.39 Å². The van der Waals surface area contributed by atoms with Crippen LogP contribution in [0.4, 0.5) is 4.39 Å². The second kappa shape index (κ2) is 8.43. The minimum Gasteiger partial charge on any atom is -0.469 e. The van der Waals surface area contributed by atoms with Crippen molar-refractivity contribution < 1.29 is 13.9 Å². The molecule has 1 unspecified atom stereocenters. The lowest BCUT2D eigenvalue weighted by Crippen LogP contribution is -2.15. The third-order valence-electron chi connectivity index (χ3n) is 2.28. The van der Waals surface area contributed by atoms with Crippen molar-refractivity contribution in [3.63, 3.8) is 0 Å². The molecule has 0 saturated carbocycles. The highest BCUT2D eigenvalue weighted by molar-refractivity contribution is 8.03. The van der Waals surface area contributed by atoms with Crippen LogP contribution in [0.25, 0.3) is 0 Å². The lowest BCUT2D eigenvalue weighted by molar-refractivity contribution is -0.143. The number of rotatable bonds is 7. The molecule has 1 aromatic rings. The molecule has 1 rings (SSSR count). The van der Waals surface area contributed by atoms with Gasteiger partial charge in [0.15, 0.2) is 0 Å². The number of hydrogen-bond donors (Lipinski definition) is 0. The van der Waals surface area contributed by atoms with E-state index in [1.165, 1.54) is 19.2 Å². The third kappa shape index (κ3) is 5.78. The number of methoxy groups -OCH3 is 1. The molecule has 0 fully saturated rings. The van der Waals surface area contributed by atoms with Gasteiger partial charge < -0.3 is 4.74 Å². The zero-order chi connectivity index (χ0) is 13.4. The van der Waals surface area contributed by atoms with E-state index >= 15 is 0 Å². The second-order valence-corrected chi connectivity index (χ2v) is 6.12. The number of halogens is 1. The topological polar surface area (TPSA) is 26.3 Å². The predicted molar refractivity (Wildman–Crippen MR) is 75.6 cm³/mol. The van der Waals surface area contributed by atoms with Crippen molar-refractivity contribution in [2.24, 2.45) is 5.92 Å². The Morgan fingerprint density at radius 3 is 2.61 bits per heavy atom. The fourth-order valence-corrected chi connectivity index (χ4v) is 3.30. The molecule has 0 bridgehead atoms. The number of ether oxygens (including phenoxy) is 1. The van der Waals surface area contributed by atoms with Crippen molar-refractivity contribution in [2.75, 3.05) is 24.4 Å². The lowest BCUT2D eigenvalue weighted by atomic mass is 10.2. The van der Waals surface area contributed by atoms with Gasteiger partial charge in [-0.2, -0.15) is 11.8 Å². The molecule has 1 aromatic carbocycles. The molecule has 0 aliphatic heterocycles. The van der Waals surface area contributed by atoms with Crippen LogP contribution >= 0.6 is 23.5 Å². The average molecular weight is 288 g/mol. The summed E-state index contributed by atoms with van der Waals surface area (Å²) in [5, 5.41) is 0. The maximum Gasteiger partial charge on any atom is 0.309 e. The van der Waals surface area contributed by atoms with Gasteiger partial charge in [-0.3, -0.25) is 4.79 Å². The van der Waals surface area contributed by atoms with E-state index in [0.29, 0.717) is 0 Å². The summed E-state index contributed by atoms with van der Waals surface area (Å²) in [6.07, 6.45) is 0. The van der Waals surface area contributed by atoms with E-state index < -0.39 is 0 Å². The first-order valence-electron chi connectivity index (χ1n) is 5.67. The zero-order valence-electron chi connectivity index (χ0n) is 10.5. The summed E-state index contributed by atoms with van der Waals surface area (Å²) in [5.41, 5.74) is 0. The van der Waals surface area contributed by atoms with Crippen LogP contribution in [-0.2, 0) is 9.53 Å². The van der Waals surface area contributed by atoms with Gasteiger partial charge >= 0.3 is 5.97 Å². The van der Waals surface area contributed by atoms with E-state index in [1.54, 1.807) is 35.7 Å². The molecule has 2 nitrogen and oxygen atoms in total. The molecule has 0 spiro atoms. The Kier molecular flexibility index (Phi) is 7.20. The lowest BCUT2D eigenvalue weighted by Gasteiger charge is -2.08. The molecule has 0 saturated heterocycles. The molecular weight excluding hydrogens is 271 g/mol. The van der Waals surface area contributed by atoms with Gasteiger partial charge in [-0.15, -0.1) is 11.8 Å². The number of thioether (sulfide) groups is 2. The fourth-order valence-electron chi connectivity index (χ4n) is 1.28. The first-order valence-corrected chi connectivity index (χ1v) is 7.81. The largest absolute Gasteiger partial charge is 0.469 e. The molecule has 100 valence electrons. The van der Waals surface area contributed by atoms with Crippen molar-refractivity contribution >= 4 is 29.5 Å². The van der Waals surface area contributed by atoms with Crippen LogP contribution in [0.5, 0.6) is 0 Å². The molecule has 18 heavy (non-hydrogen) atoms. The van der Waals surface area contributed by atoms with Gasteiger partial charge in [0.2, 0.25) is 0 Å². The quantitative estimate of drug-likeness (QED) is 0.436. The Labute approximate surface area is 116 Å². The molecule has 0 radical (unpaired) electrons. The van der Waals surface area contributed by atoms with Crippen molar-refractivity contribution in [3.05, 3.63) is 30.1 Å². The highest BCUT2D eigenvalue weighted by Gasteiger charge is 2.12. The number of esters is 1. The third-order valence-corrected chi connectivity index (χ3v) is 4.78. The Morgan fingerprint density at radius 2 is 2.00 bits per heavy atom. The minimum absolute atomic E-state index is 0.0594. The predicted octanol–water partition coefficient (Wildman–Crippen LogP) is 3.46. The summed E-state index contributed by atoms with van der Waals surface area (Å²) >= 11 is 3.42. The molecular formula is C13H17FO2S2. The first-order chi connectivity index (χ1) is 8.63. The molecule has 0 heterocycles. The van der Waals surface area contributed by atoms with Crippen LogP contribution in [0.15, 0.2) is 29.2 Å². The molecule has 5 heteroatoms. The normalized spacial score (nSPS) is 12.2. The summed E-state index contributed by atoms with van der Waals surface area (Å²) in [7, 11) is 1.41. The maximum absolute atomic E-state index is 12.7. The maximum atomic E-state index is 12.7. The van der Waals surface area contributed by atoms with Gasteiger partial charge in [-0.1, -0.05) is 6.92 Å². The SMILES string of the molecule is COC(=O)C(C)CSCCSc1ccc(F)cc1. The standard InChI is InChI=1S/C13H17FO2S2/c1-10(13(15)16-2)9-17-7-8-18-12-5-3-11(14)4-6-12/h3-6,10H,7-9H2,1-2H3. The van der Waals surface area contributed by atoms with Crippen LogP contribution in [-0.4, -0.2) is 30.3 Å². The number of carbonyl (C=O) groups is 1. The van der Waals surface area contributed by atoms with Crippen molar-refractivity contribution in [1.29, 1.82) is 0 Å². The molecule has 1 atom stereocenters. The average Bonchev–Trinajstić information content (AvgIpc) is 2.39. The summed E-state index contributed by atoms with van der Waals surface area (Å²) in [6, 6.07) is 6.49. The Balaban J connectivity index is 2.12. The fraction of sp³-hybridized carbons (Fsp3) is 0.462. The zero-order valence-corrected chi connectivity index (χ0v) is 12.2. The smallest absolute Gasteiger partial charge is 0.309 e. The number of hydrogen-bond acceptors (Lipinski definition) is 4. The van der Waals surface area contributed by atoms with Crippen molar-refractivity contribution in [3.8, 4) is 0 Å². The molecule has 0 aromatic heterocycles. The van der Waals surface area contributed by atoms with Crippen LogP contribution < -0.4 is 0 Å². The van der Waals surface area contributed by atoms with E-state index in [0.717, 1.165) is 22.2 Å². The second-order valence-electron chi connectivity index (χ2n) is 3.80. The van der Waals surface area contributed by atoms with Crippen molar-refractivity contribution in [2.45, 2.75) is 11.8 Å². The summed E-state index contributed by atoms with van der Waals surface area (Å²) < 4.78 is 17.3. The van der Waals surface area contributed by atoms with E-state index in [9.17, 15) is 9.18 Å². The molecule has 0 aliphatic rings. The first kappa shape index (κ1) is 15.4. The van der Waals surface area contributed by atoms with Crippen LogP contribution in [0.2, 0.25) is 0 Å². The number of carbonyl (C=O) groups excluding carboxylic acids is 1. The highest BCUT2D eigenvalue weighted by atomic mass is 32.2. The van der Waals surface area contributed by atoms with Gasteiger partial charge in [-0.05, 0) is 24.3 Å². The van der Waals surface area contributed by atoms with E-state index in [4.69, 9.17) is 0 Å². The summed E-state index contributed by atoms with van der Waals surface area (Å²) in [4.78, 5) is 12.2. The minimum atomic E-state index is -0.208. The van der Waals surface area contributed by atoms with Gasteiger partial charge in [0.25, 0.3) is 0 Å². The summed E-state index contributed by atoms with van der Waals surface area (Å²) in [6.45, 7) is 1.87. The van der Waals surface area contributed by atoms with Crippen LogP contribution in [0.1, 0.15) is 6.92 Å². The molecule has 0 N–H and O–H groups in total. The van der Waals surface area contributed by atoms with E-state index in [2.05, 4.69) is 4.74 Å². The van der Waals surface area contributed by atoms with Gasteiger partial charge in [0.05, 0.1) is 13.0 Å². The van der Waals surface area contributed by atoms with E-state index in [-0.39, 0.29) is 17.7 Å². The van der Waals surface area contributed by atoms with Gasteiger partial charge in [0, 0.05) is 22.2 Å². The Bertz CT molecular complexity index is 368. The van der Waals surface area contributed by atoms with Crippen molar-refractivity contribution in [1.82, 2.24) is 0 Å². The Hall–Kier alpha value is -0.680. The highest BCUT2D eigenvalue weighted by Crippen LogP contribution is 2.20. The van der Waals surface area contributed by atoms with E-state index in [1.807, 2.05) is 6.92 Å². The number of benzene rings is 1. The van der Waals surface area contributed by atoms with Crippen LogP contribution in [0, 0.1) is 11.7 Å². The van der Waals surface area contributed by atoms with Gasteiger partial charge in [0.1, 0.15) is 5.82 Å². The monoisotopic (exact) mass is 288 g/mol. The van der Waals surface area contributed by atoms with Crippen LogP contribution in [0.3, 0.4) is 0 Å².